The van der Waals surface area contributed by atoms with Gasteiger partial charge in [-0.3, -0.25) is 8.78 Å². The molecule has 0 saturated heterocycles. The number of rotatable bonds is 10. The quantitative estimate of drug-likeness (QED) is 0.438. The molecule has 0 unspecified atom stereocenters. The van der Waals surface area contributed by atoms with Crippen molar-refractivity contribution in [2.75, 3.05) is 26.6 Å². The molecule has 0 aromatic heterocycles. The third kappa shape index (κ3) is 9.89. The Labute approximate surface area is 83.6 Å². The second-order valence-electron chi connectivity index (χ2n) is 2.84. The van der Waals surface area contributed by atoms with Gasteiger partial charge >= 0.3 is 7.32 Å². The fourth-order valence-electron chi connectivity index (χ4n) is 0.810. The largest absolute Gasteiger partial charge is 0.636 e. The van der Waals surface area contributed by atoms with E-state index < -0.39 is 7.32 Å². The van der Waals surface area contributed by atoms with Crippen LogP contribution < -0.4 is 0 Å². The summed E-state index contributed by atoms with van der Waals surface area (Å²) in [6, 6.07) is 0. The van der Waals surface area contributed by atoms with E-state index >= 15 is 0 Å². The molecule has 0 heterocycles. The minimum Gasteiger partial charge on any atom is -0.402 e. The Morgan fingerprint density at radius 2 is 1.29 bits per heavy atom. The first-order valence-corrected chi connectivity index (χ1v) is 4.84. The summed E-state index contributed by atoms with van der Waals surface area (Å²) in [5.41, 5.74) is 0. The highest BCUT2D eigenvalue weighted by atomic mass is 19.1. The van der Waals surface area contributed by atoms with E-state index in [1.54, 1.807) is 0 Å². The summed E-state index contributed by atoms with van der Waals surface area (Å²) in [4.78, 5) is 0. The molecule has 0 saturated carbocycles. The summed E-state index contributed by atoms with van der Waals surface area (Å²) < 4.78 is 32.8. The van der Waals surface area contributed by atoms with E-state index in [4.69, 9.17) is 14.3 Å². The molecule has 0 amide bonds. The standard InChI is InChI=1S/C8H17BF2O3/c10-5-1-3-7-13-9(12)14-8-4-2-6-11/h12H,1-8H2. The normalized spacial score (nSPS) is 10.5. The summed E-state index contributed by atoms with van der Waals surface area (Å²) >= 11 is 0. The van der Waals surface area contributed by atoms with Gasteiger partial charge in [0.25, 0.3) is 0 Å². The van der Waals surface area contributed by atoms with Crippen molar-refractivity contribution in [2.45, 2.75) is 25.7 Å². The molecule has 0 fully saturated rings. The van der Waals surface area contributed by atoms with E-state index in [0.717, 1.165) is 0 Å². The molecule has 0 aliphatic heterocycles. The Morgan fingerprint density at radius 3 is 1.64 bits per heavy atom. The van der Waals surface area contributed by atoms with Crippen molar-refractivity contribution < 1.29 is 23.1 Å². The molecular weight excluding hydrogens is 193 g/mol. The molecule has 14 heavy (non-hydrogen) atoms. The van der Waals surface area contributed by atoms with Gasteiger partial charge in [-0.2, -0.15) is 0 Å². The second-order valence-corrected chi connectivity index (χ2v) is 2.84. The Hall–Kier alpha value is -0.195. The first-order chi connectivity index (χ1) is 6.81. The summed E-state index contributed by atoms with van der Waals surface area (Å²) in [6.07, 6.45) is 1.96. The van der Waals surface area contributed by atoms with E-state index in [1.165, 1.54) is 0 Å². The predicted octanol–water partition coefficient (Wildman–Crippen LogP) is 1.50. The van der Waals surface area contributed by atoms with Gasteiger partial charge in [0.05, 0.1) is 13.3 Å². The van der Waals surface area contributed by atoms with Crippen molar-refractivity contribution >= 4 is 7.32 Å². The lowest BCUT2D eigenvalue weighted by Crippen LogP contribution is -2.23. The van der Waals surface area contributed by atoms with Gasteiger partial charge in [0.15, 0.2) is 0 Å². The van der Waals surface area contributed by atoms with Crippen molar-refractivity contribution in [2.24, 2.45) is 0 Å². The minimum atomic E-state index is -1.27. The summed E-state index contributed by atoms with van der Waals surface area (Å²) in [6.45, 7) is -0.212. The first kappa shape index (κ1) is 13.8. The highest BCUT2D eigenvalue weighted by Gasteiger charge is 2.14. The number of unbranched alkanes of at least 4 members (excludes halogenated alkanes) is 2. The summed E-state index contributed by atoms with van der Waals surface area (Å²) in [7, 11) is -1.27. The zero-order valence-corrected chi connectivity index (χ0v) is 8.25. The van der Waals surface area contributed by atoms with E-state index in [9.17, 15) is 8.78 Å². The Bertz CT molecular complexity index is 107. The van der Waals surface area contributed by atoms with Gasteiger partial charge in [0.1, 0.15) is 0 Å². The van der Waals surface area contributed by atoms with Crippen molar-refractivity contribution in [3.63, 3.8) is 0 Å². The molecule has 1 N–H and O–H groups in total. The highest BCUT2D eigenvalue weighted by Crippen LogP contribution is 1.95. The highest BCUT2D eigenvalue weighted by molar-refractivity contribution is 6.34. The van der Waals surface area contributed by atoms with E-state index in [1.807, 2.05) is 0 Å². The molecule has 0 aromatic carbocycles. The van der Waals surface area contributed by atoms with Gasteiger partial charge in [0.2, 0.25) is 0 Å². The monoisotopic (exact) mass is 210 g/mol. The minimum absolute atomic E-state index is 0.272. The van der Waals surface area contributed by atoms with Crippen molar-refractivity contribution in [3.05, 3.63) is 0 Å². The van der Waals surface area contributed by atoms with Crippen LogP contribution in [0.2, 0.25) is 0 Å². The van der Waals surface area contributed by atoms with Gasteiger partial charge in [-0.05, 0) is 25.7 Å². The average molecular weight is 210 g/mol. The van der Waals surface area contributed by atoms with E-state index in [0.29, 0.717) is 25.7 Å². The fourth-order valence-corrected chi connectivity index (χ4v) is 0.810. The lowest BCUT2D eigenvalue weighted by atomic mass is 10.2. The van der Waals surface area contributed by atoms with Gasteiger partial charge in [-0.25, -0.2) is 0 Å². The predicted molar refractivity (Wildman–Crippen MR) is 50.3 cm³/mol. The maximum atomic E-state index is 11.6. The van der Waals surface area contributed by atoms with E-state index in [-0.39, 0.29) is 26.6 Å². The number of halogens is 2. The number of hydrogen-bond acceptors (Lipinski definition) is 3. The van der Waals surface area contributed by atoms with Gasteiger partial charge in [0, 0.05) is 13.2 Å². The zero-order valence-electron chi connectivity index (χ0n) is 8.25. The maximum Gasteiger partial charge on any atom is 0.636 e. The number of hydrogen-bond donors (Lipinski definition) is 1. The first-order valence-electron chi connectivity index (χ1n) is 4.84. The lowest BCUT2D eigenvalue weighted by Gasteiger charge is -2.07. The van der Waals surface area contributed by atoms with Crippen LogP contribution in [0.5, 0.6) is 0 Å². The summed E-state index contributed by atoms with van der Waals surface area (Å²) in [5, 5.41) is 9.02. The fraction of sp³-hybridized carbons (Fsp3) is 1.00. The van der Waals surface area contributed by atoms with Crippen LogP contribution in [0, 0.1) is 0 Å². The third-order valence-corrected chi connectivity index (χ3v) is 1.58. The van der Waals surface area contributed by atoms with Crippen LogP contribution in [-0.4, -0.2) is 38.9 Å². The molecule has 84 valence electrons. The van der Waals surface area contributed by atoms with Gasteiger partial charge < -0.3 is 14.3 Å². The van der Waals surface area contributed by atoms with Crippen LogP contribution in [0.15, 0.2) is 0 Å². The molecule has 0 radical (unpaired) electrons. The van der Waals surface area contributed by atoms with Crippen LogP contribution in [0.4, 0.5) is 8.78 Å². The van der Waals surface area contributed by atoms with Crippen molar-refractivity contribution in [3.8, 4) is 0 Å². The molecule has 0 aliphatic carbocycles. The van der Waals surface area contributed by atoms with Crippen LogP contribution >= 0.6 is 0 Å². The van der Waals surface area contributed by atoms with Gasteiger partial charge in [-0.15, -0.1) is 0 Å². The molecular formula is C8H17BF2O3. The average Bonchev–Trinajstić information content (AvgIpc) is 2.19. The van der Waals surface area contributed by atoms with Crippen LogP contribution in [0.1, 0.15) is 25.7 Å². The molecule has 6 heteroatoms. The van der Waals surface area contributed by atoms with Crippen molar-refractivity contribution in [1.29, 1.82) is 0 Å². The van der Waals surface area contributed by atoms with Crippen molar-refractivity contribution in [1.82, 2.24) is 0 Å². The van der Waals surface area contributed by atoms with Crippen LogP contribution in [-0.2, 0) is 9.31 Å². The number of alkyl halides is 2. The Kier molecular flexibility index (Phi) is 10.7. The third-order valence-electron chi connectivity index (χ3n) is 1.58. The molecule has 0 aliphatic rings. The molecule has 0 rings (SSSR count). The smallest absolute Gasteiger partial charge is 0.402 e. The molecule has 3 nitrogen and oxygen atoms in total. The summed E-state index contributed by atoms with van der Waals surface area (Å²) in [5.74, 6) is 0. The van der Waals surface area contributed by atoms with Crippen LogP contribution in [0.25, 0.3) is 0 Å². The molecule has 0 spiro atoms. The second kappa shape index (κ2) is 10.9. The topological polar surface area (TPSA) is 38.7 Å². The lowest BCUT2D eigenvalue weighted by molar-refractivity contribution is 0.127. The van der Waals surface area contributed by atoms with E-state index in [2.05, 4.69) is 0 Å². The van der Waals surface area contributed by atoms with Gasteiger partial charge in [-0.1, -0.05) is 0 Å². The zero-order chi connectivity index (χ0) is 10.6. The molecule has 0 aromatic rings. The Morgan fingerprint density at radius 1 is 0.857 bits per heavy atom. The maximum absolute atomic E-state index is 11.6. The Balaban J connectivity index is 3.07. The van der Waals surface area contributed by atoms with Crippen LogP contribution in [0.3, 0.4) is 0 Å². The molecule has 0 atom stereocenters. The molecule has 0 bridgehead atoms. The SMILES string of the molecule is OB(OCCCCF)OCCCCF.